The standard InChI is InChI=1S/C22H27BrN3O10P/c1-22(2,26(33-3)15-7-5-4-6-8-15)20(29)36-37(31,32)34-13-17-16(27)11-18(35-17)25-12-14(9-10-23)19(28)24-21(25)30/h4-10,12,16-18,27H,11,13H2,1-3H3,(H,31,32)(H,24,28,30)/b10-9+/t16-,17+,18+/m0/s1. The van der Waals surface area contributed by atoms with Crippen LogP contribution in [0, 0.1) is 0 Å². The number of aliphatic hydroxyl groups excluding tert-OH is 1. The Kier molecular flexibility index (Phi) is 9.29. The number of benzene rings is 1. The highest BCUT2D eigenvalue weighted by atomic mass is 79.9. The third kappa shape index (κ3) is 6.85. The van der Waals surface area contributed by atoms with E-state index in [0.29, 0.717) is 5.69 Å². The molecule has 2 aromatic rings. The van der Waals surface area contributed by atoms with Crippen LogP contribution < -0.4 is 16.3 Å². The van der Waals surface area contributed by atoms with Gasteiger partial charge in [0.25, 0.3) is 5.56 Å². The molecule has 0 spiro atoms. The Hall–Kier alpha value is -2.58. The molecule has 1 aromatic heterocycles. The molecule has 15 heteroatoms. The van der Waals surface area contributed by atoms with Crippen molar-refractivity contribution < 1.29 is 38.0 Å². The monoisotopic (exact) mass is 603 g/mol. The Morgan fingerprint density at radius 2 is 2.03 bits per heavy atom. The van der Waals surface area contributed by atoms with Crippen LogP contribution in [-0.4, -0.2) is 57.0 Å². The summed E-state index contributed by atoms with van der Waals surface area (Å²) in [6.45, 7) is 2.24. The predicted octanol–water partition coefficient (Wildman–Crippen LogP) is 2.06. The summed E-state index contributed by atoms with van der Waals surface area (Å²) in [6.07, 6.45) is -0.703. The number of rotatable bonds is 10. The number of ether oxygens (including phenoxy) is 1. The lowest BCUT2D eigenvalue weighted by Crippen LogP contribution is -2.50. The van der Waals surface area contributed by atoms with E-state index >= 15 is 0 Å². The van der Waals surface area contributed by atoms with Crippen LogP contribution in [0.3, 0.4) is 0 Å². The Balaban J connectivity index is 1.66. The number of aromatic amines is 1. The van der Waals surface area contributed by atoms with E-state index in [-0.39, 0.29) is 12.0 Å². The first-order valence-corrected chi connectivity index (χ1v) is 13.4. The predicted molar refractivity (Wildman–Crippen MR) is 136 cm³/mol. The average molecular weight is 604 g/mol. The Morgan fingerprint density at radius 1 is 1.35 bits per heavy atom. The topological polar surface area (TPSA) is 170 Å². The molecule has 0 saturated carbocycles. The second kappa shape index (κ2) is 11.9. The van der Waals surface area contributed by atoms with Gasteiger partial charge in [0.1, 0.15) is 12.3 Å². The maximum absolute atomic E-state index is 12.8. The number of para-hydroxylation sites is 1. The number of anilines is 1. The van der Waals surface area contributed by atoms with Crippen molar-refractivity contribution in [3.05, 3.63) is 67.9 Å². The van der Waals surface area contributed by atoms with Crippen molar-refractivity contribution in [3.8, 4) is 0 Å². The van der Waals surface area contributed by atoms with E-state index in [9.17, 15) is 28.9 Å². The number of halogens is 1. The number of carbonyl (C=O) groups is 1. The van der Waals surface area contributed by atoms with Gasteiger partial charge in [-0.15, -0.1) is 0 Å². The summed E-state index contributed by atoms with van der Waals surface area (Å²) in [5.41, 5.74) is -2.24. The lowest BCUT2D eigenvalue weighted by atomic mass is 10.1. The number of nitrogens with zero attached hydrogens (tertiary/aromatic N) is 2. The molecule has 1 fully saturated rings. The normalized spacial score (nSPS) is 21.6. The van der Waals surface area contributed by atoms with Crippen molar-refractivity contribution in [2.75, 3.05) is 18.8 Å². The molecular formula is C22H27BrN3O10P. The van der Waals surface area contributed by atoms with Crippen LogP contribution in [0.1, 0.15) is 32.1 Å². The summed E-state index contributed by atoms with van der Waals surface area (Å²) in [5, 5.41) is 11.6. The molecule has 3 rings (SSSR count). The first-order valence-electron chi connectivity index (χ1n) is 11.0. The van der Waals surface area contributed by atoms with Crippen molar-refractivity contribution in [3.63, 3.8) is 0 Å². The summed E-state index contributed by atoms with van der Waals surface area (Å²) >= 11 is 3.05. The van der Waals surface area contributed by atoms with E-state index in [2.05, 4.69) is 20.9 Å². The number of phosphoric acid groups is 1. The second-order valence-corrected chi connectivity index (χ2v) is 10.4. The molecule has 1 unspecified atom stereocenters. The summed E-state index contributed by atoms with van der Waals surface area (Å²) in [5.74, 6) is -1.11. The molecule has 0 radical (unpaired) electrons. The quantitative estimate of drug-likeness (QED) is 0.268. The SMILES string of the molecule is CON(c1ccccc1)C(C)(C)C(=O)OP(=O)(O)OC[C@H]1O[C@@H](n2cc(/C=C/Br)c(=O)[nH]c2=O)C[C@@H]1O. The molecule has 202 valence electrons. The van der Waals surface area contributed by atoms with Gasteiger partial charge in [-0.3, -0.25) is 28.6 Å². The lowest BCUT2D eigenvalue weighted by molar-refractivity contribution is -0.144. The van der Waals surface area contributed by atoms with Gasteiger partial charge < -0.3 is 14.4 Å². The highest BCUT2D eigenvalue weighted by Crippen LogP contribution is 2.46. The molecule has 1 aromatic carbocycles. The van der Waals surface area contributed by atoms with Crippen molar-refractivity contribution in [1.82, 2.24) is 9.55 Å². The molecule has 0 amide bonds. The van der Waals surface area contributed by atoms with Crippen LogP contribution in [0.15, 0.2) is 51.1 Å². The van der Waals surface area contributed by atoms with E-state index in [1.165, 1.54) is 43.3 Å². The molecule has 1 saturated heterocycles. The number of nitrogens with one attached hydrogen (secondary N) is 1. The Morgan fingerprint density at radius 3 is 2.65 bits per heavy atom. The van der Waals surface area contributed by atoms with Gasteiger partial charge in [0.05, 0.1) is 31.1 Å². The van der Waals surface area contributed by atoms with Gasteiger partial charge in [-0.2, -0.15) is 0 Å². The highest BCUT2D eigenvalue weighted by Gasteiger charge is 2.43. The van der Waals surface area contributed by atoms with E-state index in [1.54, 1.807) is 30.3 Å². The van der Waals surface area contributed by atoms with Crippen molar-refractivity contribution in [2.24, 2.45) is 0 Å². The fraction of sp³-hybridized carbons (Fsp3) is 0.409. The Bertz CT molecular complexity index is 1300. The van der Waals surface area contributed by atoms with Gasteiger partial charge in [-0.05, 0) is 37.0 Å². The highest BCUT2D eigenvalue weighted by molar-refractivity contribution is 9.11. The minimum absolute atomic E-state index is 0.0696. The molecule has 37 heavy (non-hydrogen) atoms. The summed E-state index contributed by atoms with van der Waals surface area (Å²) < 4.78 is 28.9. The average Bonchev–Trinajstić information content (AvgIpc) is 3.20. The zero-order valence-corrected chi connectivity index (χ0v) is 22.6. The number of hydrogen-bond donors (Lipinski definition) is 3. The van der Waals surface area contributed by atoms with E-state index in [4.69, 9.17) is 18.6 Å². The minimum Gasteiger partial charge on any atom is -0.390 e. The summed E-state index contributed by atoms with van der Waals surface area (Å²) in [6, 6.07) is 8.58. The molecule has 2 heterocycles. The minimum atomic E-state index is -4.94. The largest absolute Gasteiger partial charge is 0.529 e. The molecule has 1 aliphatic heterocycles. The molecule has 0 bridgehead atoms. The molecule has 0 aliphatic carbocycles. The van der Waals surface area contributed by atoms with Crippen LogP contribution in [0.25, 0.3) is 6.08 Å². The number of hydrogen-bond acceptors (Lipinski definition) is 10. The van der Waals surface area contributed by atoms with Crippen molar-refractivity contribution >= 4 is 41.5 Å². The first-order chi connectivity index (χ1) is 17.4. The third-order valence-electron chi connectivity index (χ3n) is 5.53. The zero-order valence-electron chi connectivity index (χ0n) is 20.1. The number of aliphatic hydroxyl groups is 1. The lowest BCUT2D eigenvalue weighted by Gasteiger charge is -2.35. The van der Waals surface area contributed by atoms with Gasteiger partial charge >= 0.3 is 19.5 Å². The van der Waals surface area contributed by atoms with Crippen molar-refractivity contribution in [2.45, 2.75) is 44.2 Å². The Labute approximate surface area is 219 Å². The maximum atomic E-state index is 12.8. The van der Waals surface area contributed by atoms with Gasteiger partial charge in [0.2, 0.25) is 0 Å². The van der Waals surface area contributed by atoms with Gasteiger partial charge in [0, 0.05) is 12.6 Å². The van der Waals surface area contributed by atoms with Gasteiger partial charge in [-0.25, -0.2) is 19.2 Å². The van der Waals surface area contributed by atoms with Crippen LogP contribution >= 0.6 is 23.8 Å². The first kappa shape index (κ1) is 29.0. The maximum Gasteiger partial charge on any atom is 0.529 e. The fourth-order valence-electron chi connectivity index (χ4n) is 3.65. The number of phosphoric ester groups is 1. The second-order valence-electron chi connectivity index (χ2n) is 8.49. The van der Waals surface area contributed by atoms with E-state index in [0.717, 1.165) is 4.57 Å². The fourth-order valence-corrected chi connectivity index (χ4v) is 4.76. The number of aromatic nitrogens is 2. The van der Waals surface area contributed by atoms with Crippen LogP contribution in [-0.2, 0) is 28.0 Å². The third-order valence-corrected chi connectivity index (χ3v) is 6.67. The van der Waals surface area contributed by atoms with Gasteiger partial charge in [0.15, 0.2) is 5.54 Å². The molecule has 3 N–H and O–H groups in total. The number of hydroxylamine groups is 1. The number of carbonyl (C=O) groups excluding carboxylic acids is 1. The molecule has 1 aliphatic rings. The number of H-pyrrole nitrogens is 1. The van der Waals surface area contributed by atoms with Gasteiger partial charge in [-0.1, -0.05) is 34.1 Å². The van der Waals surface area contributed by atoms with Crippen LogP contribution in [0.4, 0.5) is 5.69 Å². The zero-order chi connectivity index (χ0) is 27.4. The summed E-state index contributed by atoms with van der Waals surface area (Å²) in [7, 11) is -3.61. The summed E-state index contributed by atoms with van der Waals surface area (Å²) in [4.78, 5) is 55.9. The smallest absolute Gasteiger partial charge is 0.390 e. The van der Waals surface area contributed by atoms with Crippen LogP contribution in [0.2, 0.25) is 0 Å². The van der Waals surface area contributed by atoms with Crippen molar-refractivity contribution in [1.29, 1.82) is 0 Å². The van der Waals surface area contributed by atoms with E-state index in [1.807, 2.05) is 0 Å². The van der Waals surface area contributed by atoms with Crippen LogP contribution in [0.5, 0.6) is 0 Å². The molecule has 4 atom stereocenters. The molecule has 13 nitrogen and oxygen atoms in total. The molecular weight excluding hydrogens is 577 g/mol. The van der Waals surface area contributed by atoms with E-state index < -0.39 is 55.6 Å².